The molecule has 1 N–H and O–H groups in total. The maximum absolute atomic E-state index is 13.0. The van der Waals surface area contributed by atoms with Crippen LogP contribution in [0.5, 0.6) is 0 Å². The molecule has 2 aromatic carbocycles. The van der Waals surface area contributed by atoms with E-state index in [1.807, 2.05) is 73.8 Å². The van der Waals surface area contributed by atoms with Gasteiger partial charge in [0.1, 0.15) is 0 Å². The largest absolute Gasteiger partial charge is 0.322 e. The third-order valence-electron chi connectivity index (χ3n) is 4.38. The molecule has 2 heterocycles. The van der Waals surface area contributed by atoms with E-state index < -0.39 is 0 Å². The van der Waals surface area contributed by atoms with Crippen molar-refractivity contribution in [3.8, 4) is 0 Å². The zero-order valence-electron chi connectivity index (χ0n) is 14.8. The second-order valence-corrected chi connectivity index (χ2v) is 9.21. The van der Waals surface area contributed by atoms with Crippen molar-refractivity contribution in [3.63, 3.8) is 0 Å². The Morgan fingerprint density at radius 2 is 1.88 bits per heavy atom. The fraction of sp³-hybridized carbons (Fsp3) is 0.238. The van der Waals surface area contributed by atoms with Crippen LogP contribution < -0.4 is 5.32 Å². The lowest BCUT2D eigenvalue weighted by atomic mass is 10.0. The summed E-state index contributed by atoms with van der Waals surface area (Å²) in [6.07, 6.45) is 0. The van der Waals surface area contributed by atoms with Gasteiger partial charge in [0.15, 0.2) is 0 Å². The number of fused-ring (bicyclic) bond motifs is 1. The summed E-state index contributed by atoms with van der Waals surface area (Å²) in [5.74, 6) is 2.29. The molecule has 132 valence electrons. The van der Waals surface area contributed by atoms with Crippen molar-refractivity contribution in [3.05, 3.63) is 70.9 Å². The first-order valence-electron chi connectivity index (χ1n) is 8.63. The molecule has 0 radical (unpaired) electrons. The topological polar surface area (TPSA) is 42.0 Å². The van der Waals surface area contributed by atoms with Crippen molar-refractivity contribution in [2.45, 2.75) is 18.4 Å². The molecule has 1 fully saturated rings. The number of thioether (sulfide) groups is 2. The van der Waals surface area contributed by atoms with Crippen molar-refractivity contribution < 1.29 is 4.79 Å². The quantitative estimate of drug-likeness (QED) is 0.644. The number of benzene rings is 2. The van der Waals surface area contributed by atoms with E-state index in [0.717, 1.165) is 27.8 Å². The summed E-state index contributed by atoms with van der Waals surface area (Å²) < 4.78 is 0.471. The molecule has 1 aromatic heterocycles. The van der Waals surface area contributed by atoms with Crippen LogP contribution in [0.1, 0.15) is 31.8 Å². The monoisotopic (exact) mass is 380 g/mol. The molecule has 4 rings (SSSR count). The predicted molar refractivity (Wildman–Crippen MR) is 113 cm³/mol. The van der Waals surface area contributed by atoms with Crippen LogP contribution >= 0.6 is 23.5 Å². The maximum atomic E-state index is 13.0. The van der Waals surface area contributed by atoms with Gasteiger partial charge in [0.2, 0.25) is 0 Å². The van der Waals surface area contributed by atoms with Crippen molar-refractivity contribution in [1.29, 1.82) is 0 Å². The van der Waals surface area contributed by atoms with Gasteiger partial charge in [-0.05, 0) is 49.7 Å². The minimum Gasteiger partial charge on any atom is -0.322 e. The number of carbonyl (C=O) groups is 1. The molecule has 0 spiro atoms. The van der Waals surface area contributed by atoms with E-state index in [-0.39, 0.29) is 5.91 Å². The number of carbonyl (C=O) groups excluding carboxylic acids is 1. The van der Waals surface area contributed by atoms with Crippen LogP contribution in [0.3, 0.4) is 0 Å². The van der Waals surface area contributed by atoms with Crippen LogP contribution in [0.25, 0.3) is 10.9 Å². The van der Waals surface area contributed by atoms with Gasteiger partial charge in [0.25, 0.3) is 5.91 Å². The third kappa shape index (κ3) is 3.60. The molecular weight excluding hydrogens is 360 g/mol. The molecule has 0 saturated carbocycles. The fourth-order valence-electron chi connectivity index (χ4n) is 3.17. The summed E-state index contributed by atoms with van der Waals surface area (Å²) in [7, 11) is 0. The summed E-state index contributed by atoms with van der Waals surface area (Å²) in [4.78, 5) is 17.5. The number of amides is 1. The molecule has 3 nitrogen and oxygen atoms in total. The number of pyridine rings is 1. The highest BCUT2D eigenvalue weighted by atomic mass is 32.2. The van der Waals surface area contributed by atoms with E-state index in [1.54, 1.807) is 0 Å². The van der Waals surface area contributed by atoms with Crippen LogP contribution in [0.15, 0.2) is 48.5 Å². The molecular formula is C21H20N2OS2. The minimum atomic E-state index is -0.0880. The zero-order valence-corrected chi connectivity index (χ0v) is 16.4. The van der Waals surface area contributed by atoms with E-state index in [2.05, 4.69) is 22.4 Å². The van der Waals surface area contributed by atoms with E-state index in [4.69, 9.17) is 0 Å². The first-order valence-corrected chi connectivity index (χ1v) is 10.7. The molecule has 1 amide bonds. The average molecular weight is 381 g/mol. The van der Waals surface area contributed by atoms with Crippen LogP contribution in [-0.2, 0) is 0 Å². The second kappa shape index (κ2) is 7.33. The molecule has 1 aliphatic rings. The maximum Gasteiger partial charge on any atom is 0.256 e. The van der Waals surface area contributed by atoms with Crippen LogP contribution in [0.4, 0.5) is 5.69 Å². The smallest absolute Gasteiger partial charge is 0.256 e. The van der Waals surface area contributed by atoms with Gasteiger partial charge in [-0.2, -0.15) is 0 Å². The number of hydrogen-bond donors (Lipinski definition) is 1. The van der Waals surface area contributed by atoms with Crippen molar-refractivity contribution in [1.82, 2.24) is 4.98 Å². The SMILES string of the molecule is Cc1ccc2nc(C)cc(C(=O)Nc3cccc(C4SCCS4)c3)c2c1. The molecule has 0 aliphatic carbocycles. The van der Waals surface area contributed by atoms with E-state index in [9.17, 15) is 4.79 Å². The Hall–Kier alpha value is -1.98. The van der Waals surface area contributed by atoms with Crippen LogP contribution in [0.2, 0.25) is 0 Å². The molecule has 5 heteroatoms. The first-order chi connectivity index (χ1) is 12.6. The van der Waals surface area contributed by atoms with Gasteiger partial charge in [-0.3, -0.25) is 9.78 Å². The van der Waals surface area contributed by atoms with E-state index in [1.165, 1.54) is 17.1 Å². The van der Waals surface area contributed by atoms with Gasteiger partial charge in [-0.25, -0.2) is 0 Å². The summed E-state index contributed by atoms with van der Waals surface area (Å²) in [5.41, 5.74) is 5.60. The normalized spacial score (nSPS) is 14.7. The molecule has 1 aliphatic heterocycles. The number of nitrogens with one attached hydrogen (secondary N) is 1. The van der Waals surface area contributed by atoms with Crippen molar-refractivity contribution >= 4 is 46.0 Å². The third-order valence-corrected chi connectivity index (χ3v) is 7.48. The summed E-state index contributed by atoms with van der Waals surface area (Å²) >= 11 is 3.93. The van der Waals surface area contributed by atoms with Gasteiger partial charge >= 0.3 is 0 Å². The number of anilines is 1. The Kier molecular flexibility index (Phi) is 4.92. The Morgan fingerprint density at radius 1 is 1.08 bits per heavy atom. The number of aromatic nitrogens is 1. The number of rotatable bonds is 3. The van der Waals surface area contributed by atoms with Crippen LogP contribution in [-0.4, -0.2) is 22.4 Å². The summed E-state index contributed by atoms with van der Waals surface area (Å²) in [6, 6.07) is 16.1. The Labute approximate surface area is 162 Å². The number of nitrogens with zero attached hydrogens (tertiary/aromatic N) is 1. The lowest BCUT2D eigenvalue weighted by molar-refractivity contribution is 0.102. The van der Waals surface area contributed by atoms with Gasteiger partial charge in [0.05, 0.1) is 15.7 Å². The number of aryl methyl sites for hydroxylation is 2. The van der Waals surface area contributed by atoms with Crippen molar-refractivity contribution in [2.24, 2.45) is 0 Å². The molecule has 0 atom stereocenters. The van der Waals surface area contributed by atoms with Crippen molar-refractivity contribution in [2.75, 3.05) is 16.8 Å². The highest BCUT2D eigenvalue weighted by molar-refractivity contribution is 8.19. The molecule has 0 bridgehead atoms. The van der Waals surface area contributed by atoms with Gasteiger partial charge in [-0.1, -0.05) is 23.8 Å². The fourth-order valence-corrected chi connectivity index (χ4v) is 6.01. The zero-order chi connectivity index (χ0) is 18.1. The van der Waals surface area contributed by atoms with Gasteiger partial charge < -0.3 is 5.32 Å². The molecule has 1 saturated heterocycles. The summed E-state index contributed by atoms with van der Waals surface area (Å²) in [6.45, 7) is 3.95. The number of hydrogen-bond acceptors (Lipinski definition) is 4. The van der Waals surface area contributed by atoms with E-state index in [0.29, 0.717) is 10.1 Å². The lowest BCUT2D eigenvalue weighted by Gasteiger charge is -2.12. The minimum absolute atomic E-state index is 0.0880. The highest BCUT2D eigenvalue weighted by Crippen LogP contribution is 2.45. The Bertz CT molecular complexity index is 981. The molecule has 0 unspecified atom stereocenters. The Morgan fingerprint density at radius 3 is 2.69 bits per heavy atom. The predicted octanol–water partition coefficient (Wildman–Crippen LogP) is 5.58. The second-order valence-electron chi connectivity index (χ2n) is 6.48. The first kappa shape index (κ1) is 17.4. The van der Waals surface area contributed by atoms with Crippen LogP contribution in [0, 0.1) is 13.8 Å². The van der Waals surface area contributed by atoms with E-state index >= 15 is 0 Å². The van der Waals surface area contributed by atoms with Gasteiger partial charge in [-0.15, -0.1) is 23.5 Å². The van der Waals surface area contributed by atoms with Gasteiger partial charge in [0, 0.05) is 28.3 Å². The standard InChI is InChI=1S/C21H20N2OS2/c1-13-6-7-19-17(10-13)18(11-14(2)22-19)20(24)23-16-5-3-4-15(12-16)21-25-8-9-26-21/h3-7,10-12,21H,8-9H2,1-2H3,(H,23,24). The lowest BCUT2D eigenvalue weighted by Crippen LogP contribution is -2.13. The Balaban J connectivity index is 1.65. The summed E-state index contributed by atoms with van der Waals surface area (Å²) in [5, 5.41) is 3.97. The highest BCUT2D eigenvalue weighted by Gasteiger charge is 2.19. The molecule has 26 heavy (non-hydrogen) atoms. The molecule has 3 aromatic rings. The average Bonchev–Trinajstić information content (AvgIpc) is 3.16.